The van der Waals surface area contributed by atoms with Gasteiger partial charge >= 0.3 is 0 Å². The average molecular weight is 313 g/mol. The van der Waals surface area contributed by atoms with Gasteiger partial charge in [0, 0.05) is 17.1 Å². The lowest BCUT2D eigenvalue weighted by Crippen LogP contribution is -2.14. The highest BCUT2D eigenvalue weighted by molar-refractivity contribution is 7.80. The molecule has 0 saturated heterocycles. The molecule has 0 aliphatic rings. The van der Waals surface area contributed by atoms with E-state index >= 15 is 0 Å². The summed E-state index contributed by atoms with van der Waals surface area (Å²) < 4.78 is 27.5. The molecule has 0 radical (unpaired) electrons. The molecule has 0 fully saturated rings. The number of thiocarbonyl (C=S) groups is 1. The molecule has 0 saturated carbocycles. The van der Waals surface area contributed by atoms with Crippen molar-refractivity contribution in [3.05, 3.63) is 64.2 Å². The normalized spacial score (nSPS) is 10.3. The second-order valence-electron chi connectivity index (χ2n) is 4.14. The fraction of sp³-hybridized carbons (Fsp3) is 0.0714. The van der Waals surface area contributed by atoms with Gasteiger partial charge in [0.1, 0.15) is 4.99 Å². The van der Waals surface area contributed by atoms with Crippen LogP contribution in [0.1, 0.15) is 11.1 Å². The van der Waals surface area contributed by atoms with E-state index in [1.165, 1.54) is 12.1 Å². The van der Waals surface area contributed by atoms with Crippen LogP contribution in [0.5, 0.6) is 0 Å². The predicted octanol–water partition coefficient (Wildman–Crippen LogP) is 3.86. The van der Waals surface area contributed by atoms with E-state index in [4.69, 9.17) is 17.3 Å². The zero-order chi connectivity index (χ0) is 14.7. The number of halogens is 3. The van der Waals surface area contributed by atoms with Gasteiger partial charge in [-0.05, 0) is 29.8 Å². The smallest absolute Gasteiger partial charge is 0.182 e. The van der Waals surface area contributed by atoms with Crippen LogP contribution < -0.4 is 11.1 Å². The van der Waals surface area contributed by atoms with Gasteiger partial charge in [-0.15, -0.1) is 0 Å². The van der Waals surface area contributed by atoms with Crippen LogP contribution in [0, 0.1) is 11.6 Å². The molecule has 20 heavy (non-hydrogen) atoms. The van der Waals surface area contributed by atoms with Gasteiger partial charge < -0.3 is 11.1 Å². The Kier molecular flexibility index (Phi) is 4.52. The first-order valence-corrected chi connectivity index (χ1v) is 6.54. The van der Waals surface area contributed by atoms with Gasteiger partial charge in [0.25, 0.3) is 0 Å². The van der Waals surface area contributed by atoms with Crippen LogP contribution in [0.2, 0.25) is 5.02 Å². The highest BCUT2D eigenvalue weighted by Gasteiger charge is 2.14. The minimum absolute atomic E-state index is 0.0440. The Labute approximate surface area is 125 Å². The lowest BCUT2D eigenvalue weighted by atomic mass is 10.1. The fourth-order valence-electron chi connectivity index (χ4n) is 1.72. The van der Waals surface area contributed by atoms with Crippen molar-refractivity contribution in [3.63, 3.8) is 0 Å². The van der Waals surface area contributed by atoms with Gasteiger partial charge in [0.15, 0.2) is 11.6 Å². The Morgan fingerprint density at radius 2 is 1.95 bits per heavy atom. The topological polar surface area (TPSA) is 38.0 Å². The minimum atomic E-state index is -1.05. The van der Waals surface area contributed by atoms with E-state index in [1.54, 1.807) is 18.2 Å². The minimum Gasteiger partial charge on any atom is -0.389 e. The SMILES string of the molecule is NC(=S)c1ccc(NCc2cccc(Cl)c2)c(F)c1F. The molecule has 3 N–H and O–H groups in total. The molecule has 0 aliphatic heterocycles. The molecule has 2 aromatic rings. The fourth-order valence-corrected chi connectivity index (χ4v) is 2.09. The largest absolute Gasteiger partial charge is 0.389 e. The Morgan fingerprint density at radius 1 is 1.20 bits per heavy atom. The third-order valence-electron chi connectivity index (χ3n) is 2.72. The molecule has 0 heterocycles. The van der Waals surface area contributed by atoms with Crippen molar-refractivity contribution >= 4 is 34.5 Å². The number of nitrogens with two attached hydrogens (primary N) is 1. The number of nitrogens with one attached hydrogen (secondary N) is 1. The molecule has 2 rings (SSSR count). The number of rotatable bonds is 4. The third-order valence-corrected chi connectivity index (χ3v) is 3.17. The zero-order valence-electron chi connectivity index (χ0n) is 10.3. The highest BCUT2D eigenvalue weighted by Crippen LogP contribution is 2.21. The van der Waals surface area contributed by atoms with Crippen molar-refractivity contribution in [2.45, 2.75) is 6.54 Å². The van der Waals surface area contributed by atoms with Gasteiger partial charge in [-0.1, -0.05) is 36.0 Å². The molecular formula is C14H11ClF2N2S. The first kappa shape index (κ1) is 14.7. The van der Waals surface area contributed by atoms with Crippen molar-refractivity contribution < 1.29 is 8.78 Å². The lowest BCUT2D eigenvalue weighted by Gasteiger charge is -2.10. The van der Waals surface area contributed by atoms with Crippen molar-refractivity contribution in [1.29, 1.82) is 0 Å². The van der Waals surface area contributed by atoms with Crippen molar-refractivity contribution in [2.75, 3.05) is 5.32 Å². The van der Waals surface area contributed by atoms with Crippen LogP contribution in [-0.2, 0) is 6.54 Å². The molecule has 0 aliphatic carbocycles. The van der Waals surface area contributed by atoms with E-state index in [1.807, 2.05) is 6.07 Å². The molecule has 6 heteroatoms. The predicted molar refractivity (Wildman–Crippen MR) is 81.0 cm³/mol. The van der Waals surface area contributed by atoms with Crippen LogP contribution in [-0.4, -0.2) is 4.99 Å². The second kappa shape index (κ2) is 6.15. The number of benzene rings is 2. The molecule has 0 atom stereocenters. The first-order chi connectivity index (χ1) is 9.49. The number of hydrogen-bond acceptors (Lipinski definition) is 2. The van der Waals surface area contributed by atoms with Crippen LogP contribution in [0.4, 0.5) is 14.5 Å². The summed E-state index contributed by atoms with van der Waals surface area (Å²) >= 11 is 10.5. The Morgan fingerprint density at radius 3 is 2.60 bits per heavy atom. The van der Waals surface area contributed by atoms with Gasteiger partial charge in [-0.25, -0.2) is 8.78 Å². The highest BCUT2D eigenvalue weighted by atomic mass is 35.5. The van der Waals surface area contributed by atoms with Gasteiger partial charge in [0.2, 0.25) is 0 Å². The number of anilines is 1. The summed E-state index contributed by atoms with van der Waals surface area (Å²) in [7, 11) is 0. The first-order valence-electron chi connectivity index (χ1n) is 5.75. The van der Waals surface area contributed by atoms with Crippen LogP contribution in [0.25, 0.3) is 0 Å². The van der Waals surface area contributed by atoms with Crippen LogP contribution in [0.15, 0.2) is 36.4 Å². The van der Waals surface area contributed by atoms with E-state index in [2.05, 4.69) is 17.5 Å². The maximum absolute atomic E-state index is 13.8. The molecule has 0 unspecified atom stereocenters. The Bertz CT molecular complexity index is 662. The van der Waals surface area contributed by atoms with E-state index in [0.717, 1.165) is 5.56 Å². The van der Waals surface area contributed by atoms with Gasteiger partial charge in [-0.2, -0.15) is 0 Å². The second-order valence-corrected chi connectivity index (χ2v) is 5.01. The maximum Gasteiger partial charge on any atom is 0.182 e. The summed E-state index contributed by atoms with van der Waals surface area (Å²) in [6.07, 6.45) is 0. The molecule has 2 nitrogen and oxygen atoms in total. The molecule has 0 bridgehead atoms. The van der Waals surface area contributed by atoms with E-state index in [9.17, 15) is 8.78 Å². The summed E-state index contributed by atoms with van der Waals surface area (Å²) in [5.74, 6) is -2.05. The molecule has 0 aromatic heterocycles. The lowest BCUT2D eigenvalue weighted by molar-refractivity contribution is 0.509. The summed E-state index contributed by atoms with van der Waals surface area (Å²) in [6, 6.07) is 9.84. The van der Waals surface area contributed by atoms with Crippen molar-refractivity contribution in [3.8, 4) is 0 Å². The third kappa shape index (κ3) is 3.23. The quantitative estimate of drug-likeness (QED) is 0.842. The zero-order valence-corrected chi connectivity index (χ0v) is 11.9. The molecule has 0 spiro atoms. The average Bonchev–Trinajstić information content (AvgIpc) is 2.40. The van der Waals surface area contributed by atoms with Crippen molar-refractivity contribution in [1.82, 2.24) is 0 Å². The Hall–Kier alpha value is -1.72. The summed E-state index contributed by atoms with van der Waals surface area (Å²) in [6.45, 7) is 0.323. The Balaban J connectivity index is 2.18. The molecular weight excluding hydrogens is 302 g/mol. The molecule has 0 amide bonds. The van der Waals surface area contributed by atoms with Gasteiger partial charge in [0.05, 0.1) is 5.69 Å². The summed E-state index contributed by atoms with van der Waals surface area (Å²) in [4.78, 5) is -0.178. The molecule has 104 valence electrons. The summed E-state index contributed by atoms with van der Waals surface area (Å²) in [5, 5.41) is 3.39. The van der Waals surface area contributed by atoms with E-state index in [-0.39, 0.29) is 16.2 Å². The standard InChI is InChI=1S/C14H11ClF2N2S/c15-9-3-1-2-8(6-9)7-19-11-5-4-10(14(18)20)12(16)13(11)17/h1-6,19H,7H2,(H2,18,20). The number of hydrogen-bond donors (Lipinski definition) is 2. The van der Waals surface area contributed by atoms with E-state index < -0.39 is 11.6 Å². The van der Waals surface area contributed by atoms with Crippen LogP contribution in [0.3, 0.4) is 0 Å². The molecule has 2 aromatic carbocycles. The van der Waals surface area contributed by atoms with Gasteiger partial charge in [-0.3, -0.25) is 0 Å². The maximum atomic E-state index is 13.8. The monoisotopic (exact) mass is 312 g/mol. The van der Waals surface area contributed by atoms with Crippen molar-refractivity contribution in [2.24, 2.45) is 5.73 Å². The summed E-state index contributed by atoms with van der Waals surface area (Å²) in [5.41, 5.74) is 6.10. The van der Waals surface area contributed by atoms with Crippen LogP contribution >= 0.6 is 23.8 Å². The van der Waals surface area contributed by atoms with E-state index in [0.29, 0.717) is 11.6 Å².